The Hall–Kier alpha value is -0.590. The fraction of sp³-hybridized carbons (Fsp3) is 0.188. The first kappa shape index (κ1) is 15.3. The maximum Gasteiger partial charge on any atom is 0.224 e. The zero-order valence-electron chi connectivity index (χ0n) is 11.0. The summed E-state index contributed by atoms with van der Waals surface area (Å²) in [5.74, 6) is 0.0826. The van der Waals surface area contributed by atoms with Crippen LogP contribution >= 0.6 is 50.1 Å². The first-order valence-electron chi connectivity index (χ1n) is 6.56. The lowest BCUT2D eigenvalue weighted by atomic mass is 9.97. The molecule has 1 N–H and O–H groups in total. The van der Waals surface area contributed by atoms with Gasteiger partial charge in [0.05, 0.1) is 5.38 Å². The van der Waals surface area contributed by atoms with Gasteiger partial charge in [0.15, 0.2) is 0 Å². The molecule has 2 aromatic rings. The molecule has 1 aliphatic rings. The monoisotopic (exact) mass is 475 g/mol. The number of carbonyl (C=O) groups excluding carboxylic acids is 1. The van der Waals surface area contributed by atoms with Crippen LogP contribution in [0.3, 0.4) is 0 Å². The maximum absolute atomic E-state index is 11.4. The zero-order chi connectivity index (χ0) is 15.0. The highest BCUT2D eigenvalue weighted by molar-refractivity contribution is 14.1. The van der Waals surface area contributed by atoms with Crippen molar-refractivity contribution in [2.75, 3.05) is 5.32 Å². The van der Waals surface area contributed by atoms with Gasteiger partial charge in [0.1, 0.15) is 0 Å². The van der Waals surface area contributed by atoms with Crippen molar-refractivity contribution < 1.29 is 4.79 Å². The molecule has 3 rings (SSSR count). The van der Waals surface area contributed by atoms with Gasteiger partial charge in [-0.25, -0.2) is 0 Å². The minimum absolute atomic E-state index is 0.0826. The third kappa shape index (κ3) is 3.27. The van der Waals surface area contributed by atoms with Crippen LogP contribution in [0.4, 0.5) is 5.69 Å². The minimum atomic E-state index is -0.197. The molecule has 1 heterocycles. The Labute approximate surface area is 150 Å². The molecule has 0 radical (unpaired) electrons. The summed E-state index contributed by atoms with van der Waals surface area (Å²) in [7, 11) is 0. The standard InChI is InChI=1S/C16H12BrClINO/c17-11-3-4-13(19)12(8-11)16(18)10-1-5-14-9(7-10)2-6-15(21)20-14/h1,3-5,7-8,16H,2,6H2,(H,20,21). The van der Waals surface area contributed by atoms with Crippen LogP contribution in [-0.4, -0.2) is 5.91 Å². The summed E-state index contributed by atoms with van der Waals surface area (Å²) < 4.78 is 2.16. The fourth-order valence-electron chi connectivity index (χ4n) is 2.45. The molecule has 1 atom stereocenters. The van der Waals surface area contributed by atoms with Crippen LogP contribution in [-0.2, 0) is 11.2 Å². The van der Waals surface area contributed by atoms with Gasteiger partial charge in [-0.05, 0) is 70.0 Å². The van der Waals surface area contributed by atoms with Gasteiger partial charge in [0, 0.05) is 20.2 Å². The lowest BCUT2D eigenvalue weighted by Crippen LogP contribution is -2.19. The fourth-order valence-corrected chi connectivity index (χ4v) is 3.98. The smallest absolute Gasteiger partial charge is 0.224 e. The molecule has 1 aliphatic heterocycles. The van der Waals surface area contributed by atoms with Crippen molar-refractivity contribution in [3.63, 3.8) is 0 Å². The second-order valence-corrected chi connectivity index (χ2v) is 7.51. The van der Waals surface area contributed by atoms with Crippen molar-refractivity contribution in [2.24, 2.45) is 0 Å². The molecule has 1 unspecified atom stereocenters. The molecule has 0 saturated carbocycles. The minimum Gasteiger partial charge on any atom is -0.326 e. The van der Waals surface area contributed by atoms with Gasteiger partial charge in [0.2, 0.25) is 5.91 Å². The number of alkyl halides is 1. The van der Waals surface area contributed by atoms with E-state index in [-0.39, 0.29) is 11.3 Å². The summed E-state index contributed by atoms with van der Waals surface area (Å²) >= 11 is 12.5. The normalized spacial score (nSPS) is 15.3. The number of hydrogen-bond donors (Lipinski definition) is 1. The Morgan fingerprint density at radius 1 is 1.19 bits per heavy atom. The summed E-state index contributed by atoms with van der Waals surface area (Å²) in [4.78, 5) is 11.4. The van der Waals surface area contributed by atoms with Gasteiger partial charge in [-0.15, -0.1) is 11.6 Å². The van der Waals surface area contributed by atoms with Gasteiger partial charge in [-0.1, -0.05) is 28.1 Å². The van der Waals surface area contributed by atoms with Gasteiger partial charge in [0.25, 0.3) is 0 Å². The lowest BCUT2D eigenvalue weighted by molar-refractivity contribution is -0.116. The molecule has 5 heteroatoms. The highest BCUT2D eigenvalue weighted by Gasteiger charge is 2.19. The van der Waals surface area contributed by atoms with Gasteiger partial charge in [-0.2, -0.15) is 0 Å². The van der Waals surface area contributed by atoms with Crippen LogP contribution in [0.2, 0.25) is 0 Å². The average Bonchev–Trinajstić information content (AvgIpc) is 2.48. The van der Waals surface area contributed by atoms with E-state index in [1.165, 1.54) is 0 Å². The zero-order valence-corrected chi connectivity index (χ0v) is 15.5. The molecule has 0 aromatic heterocycles. The van der Waals surface area contributed by atoms with Crippen LogP contribution < -0.4 is 5.32 Å². The summed E-state index contributed by atoms with van der Waals surface area (Å²) in [5, 5.41) is 2.70. The van der Waals surface area contributed by atoms with E-state index in [9.17, 15) is 4.79 Å². The number of aryl methyl sites for hydroxylation is 1. The first-order chi connectivity index (χ1) is 10.0. The van der Waals surface area contributed by atoms with Gasteiger partial charge < -0.3 is 5.32 Å². The van der Waals surface area contributed by atoms with Crippen LogP contribution in [0.15, 0.2) is 40.9 Å². The quantitative estimate of drug-likeness (QED) is 0.465. The summed E-state index contributed by atoms with van der Waals surface area (Å²) in [6, 6.07) is 12.1. The maximum atomic E-state index is 11.4. The molecule has 1 amide bonds. The van der Waals surface area contributed by atoms with E-state index in [4.69, 9.17) is 11.6 Å². The van der Waals surface area contributed by atoms with E-state index in [2.05, 4.69) is 56.0 Å². The second-order valence-electron chi connectivity index (χ2n) is 4.99. The molecular formula is C16H12BrClINO. The van der Waals surface area contributed by atoms with Crippen LogP contribution in [0.25, 0.3) is 0 Å². The SMILES string of the molecule is O=C1CCc2cc(C(Cl)c3cc(Br)ccc3I)ccc2N1. The molecule has 108 valence electrons. The van der Waals surface area contributed by atoms with Crippen LogP contribution in [0, 0.1) is 3.57 Å². The molecule has 21 heavy (non-hydrogen) atoms. The van der Waals surface area contributed by atoms with Crippen molar-refractivity contribution in [3.05, 3.63) is 61.1 Å². The Kier molecular flexibility index (Phi) is 4.57. The lowest BCUT2D eigenvalue weighted by Gasteiger charge is -2.20. The Morgan fingerprint density at radius 2 is 2.00 bits per heavy atom. The third-order valence-corrected chi connectivity index (χ3v) is 5.51. The number of rotatable bonds is 2. The number of nitrogens with one attached hydrogen (secondary N) is 1. The molecule has 2 nitrogen and oxygen atoms in total. The second kappa shape index (κ2) is 6.26. The number of amides is 1. The van der Waals surface area contributed by atoms with Crippen molar-refractivity contribution >= 4 is 61.7 Å². The number of benzene rings is 2. The topological polar surface area (TPSA) is 29.1 Å². The largest absolute Gasteiger partial charge is 0.326 e. The molecule has 0 fully saturated rings. The predicted octanol–water partition coefficient (Wildman–Crippen LogP) is 5.27. The molecule has 0 saturated heterocycles. The van der Waals surface area contributed by atoms with E-state index in [0.717, 1.165) is 36.8 Å². The van der Waals surface area contributed by atoms with Gasteiger partial charge in [-0.3, -0.25) is 4.79 Å². The first-order valence-corrected chi connectivity index (χ1v) is 8.87. The van der Waals surface area contributed by atoms with Crippen LogP contribution in [0.5, 0.6) is 0 Å². The Morgan fingerprint density at radius 3 is 2.81 bits per heavy atom. The molecule has 0 bridgehead atoms. The number of fused-ring (bicyclic) bond motifs is 1. The van der Waals surface area contributed by atoms with Crippen LogP contribution in [0.1, 0.15) is 28.5 Å². The van der Waals surface area contributed by atoms with Crippen molar-refractivity contribution in [2.45, 2.75) is 18.2 Å². The molecule has 2 aromatic carbocycles. The molecular weight excluding hydrogens is 464 g/mol. The highest BCUT2D eigenvalue weighted by Crippen LogP contribution is 2.36. The van der Waals surface area contributed by atoms with E-state index >= 15 is 0 Å². The van der Waals surface area contributed by atoms with E-state index in [1.54, 1.807) is 0 Å². The molecule has 0 spiro atoms. The predicted molar refractivity (Wildman–Crippen MR) is 97.9 cm³/mol. The van der Waals surface area contributed by atoms with E-state index < -0.39 is 0 Å². The summed E-state index contributed by atoms with van der Waals surface area (Å²) in [5.41, 5.74) is 4.21. The third-order valence-electron chi connectivity index (χ3n) is 3.55. The number of anilines is 1. The number of hydrogen-bond acceptors (Lipinski definition) is 1. The molecule has 0 aliphatic carbocycles. The van der Waals surface area contributed by atoms with Crippen molar-refractivity contribution in [3.8, 4) is 0 Å². The van der Waals surface area contributed by atoms with Gasteiger partial charge >= 0.3 is 0 Å². The average molecular weight is 477 g/mol. The summed E-state index contributed by atoms with van der Waals surface area (Å²) in [6.07, 6.45) is 1.31. The summed E-state index contributed by atoms with van der Waals surface area (Å²) in [6.45, 7) is 0. The van der Waals surface area contributed by atoms with E-state index in [0.29, 0.717) is 6.42 Å². The Balaban J connectivity index is 1.97. The number of halogens is 3. The number of carbonyl (C=O) groups is 1. The Bertz CT molecular complexity index is 719. The van der Waals surface area contributed by atoms with E-state index in [1.807, 2.05) is 24.3 Å². The highest BCUT2D eigenvalue weighted by atomic mass is 127. The van der Waals surface area contributed by atoms with Crippen molar-refractivity contribution in [1.29, 1.82) is 0 Å². The van der Waals surface area contributed by atoms with Crippen molar-refractivity contribution in [1.82, 2.24) is 0 Å².